The van der Waals surface area contributed by atoms with Crippen molar-refractivity contribution < 1.29 is 29.0 Å². The number of ether oxygens (including phenoxy) is 1. The number of nitrogens with two attached hydrogens (primary N) is 1. The van der Waals surface area contributed by atoms with Gasteiger partial charge in [0.1, 0.15) is 11.6 Å². The van der Waals surface area contributed by atoms with Crippen LogP contribution in [-0.2, 0) is 32.1 Å². The molecule has 10 heteroatoms. The third-order valence-electron chi connectivity index (χ3n) is 7.76. The number of hydrogen-bond donors (Lipinski definition) is 3. The van der Waals surface area contributed by atoms with Crippen molar-refractivity contribution in [2.75, 3.05) is 25.0 Å². The summed E-state index contributed by atoms with van der Waals surface area (Å²) in [6, 6.07) is 13.9. The van der Waals surface area contributed by atoms with Crippen LogP contribution in [0.3, 0.4) is 0 Å². The number of esters is 1. The second kappa shape index (κ2) is 13.4. The molecule has 2 aromatic carbocycles. The third kappa shape index (κ3) is 7.88. The van der Waals surface area contributed by atoms with Gasteiger partial charge in [0.2, 0.25) is 5.91 Å². The largest absolute Gasteiger partial charge is 0.481 e. The minimum absolute atomic E-state index is 0.160. The van der Waals surface area contributed by atoms with E-state index in [4.69, 9.17) is 10.5 Å². The zero-order chi connectivity index (χ0) is 30.4. The number of nitrogens with one attached hydrogen (secondary N) is 1. The SMILES string of the molecule is CC(C)(C)OC(=O)C1CCN(C(=O)c2ccc3c(c2)CN(CCc2ccccc2)C(=O)C(CC(=O)O)N3)C(CCN)C1. The monoisotopic (exact) mass is 578 g/mol. The molecule has 2 aromatic rings. The molecule has 4 rings (SSSR count). The van der Waals surface area contributed by atoms with Crippen LogP contribution in [0.4, 0.5) is 5.69 Å². The van der Waals surface area contributed by atoms with Gasteiger partial charge in [0.05, 0.1) is 12.3 Å². The van der Waals surface area contributed by atoms with E-state index in [1.807, 2.05) is 51.1 Å². The minimum Gasteiger partial charge on any atom is -0.481 e. The predicted octanol–water partition coefficient (Wildman–Crippen LogP) is 3.44. The zero-order valence-corrected chi connectivity index (χ0v) is 24.7. The lowest BCUT2D eigenvalue weighted by Crippen LogP contribution is -2.49. The lowest BCUT2D eigenvalue weighted by atomic mass is 9.88. The van der Waals surface area contributed by atoms with Crippen LogP contribution in [-0.4, -0.2) is 76.0 Å². The second-order valence-electron chi connectivity index (χ2n) is 12.1. The number of nitrogens with zero attached hydrogens (tertiary/aromatic N) is 2. The number of carbonyl (C=O) groups is 4. The fourth-order valence-corrected chi connectivity index (χ4v) is 5.71. The van der Waals surface area contributed by atoms with Gasteiger partial charge in [-0.05, 0) is 82.3 Å². The Bertz CT molecular complexity index is 1290. The second-order valence-corrected chi connectivity index (χ2v) is 12.1. The van der Waals surface area contributed by atoms with Crippen LogP contribution in [0.1, 0.15) is 67.9 Å². The van der Waals surface area contributed by atoms with Crippen molar-refractivity contribution in [1.29, 1.82) is 0 Å². The van der Waals surface area contributed by atoms with E-state index >= 15 is 0 Å². The summed E-state index contributed by atoms with van der Waals surface area (Å²) >= 11 is 0. The number of rotatable bonds is 9. The van der Waals surface area contributed by atoms with Gasteiger partial charge < -0.3 is 30.7 Å². The molecule has 2 aliphatic rings. The van der Waals surface area contributed by atoms with Crippen LogP contribution in [0.5, 0.6) is 0 Å². The topological polar surface area (TPSA) is 142 Å². The van der Waals surface area contributed by atoms with Gasteiger partial charge in [-0.3, -0.25) is 19.2 Å². The normalized spacial score (nSPS) is 20.8. The first-order chi connectivity index (χ1) is 19.9. The van der Waals surface area contributed by atoms with Crippen molar-refractivity contribution in [2.24, 2.45) is 11.7 Å². The van der Waals surface area contributed by atoms with Crippen molar-refractivity contribution in [3.63, 3.8) is 0 Å². The molecule has 0 aromatic heterocycles. The van der Waals surface area contributed by atoms with Gasteiger partial charge in [0.25, 0.3) is 5.91 Å². The van der Waals surface area contributed by atoms with Crippen molar-refractivity contribution >= 4 is 29.4 Å². The lowest BCUT2D eigenvalue weighted by molar-refractivity contribution is -0.162. The van der Waals surface area contributed by atoms with Gasteiger partial charge in [-0.2, -0.15) is 0 Å². The third-order valence-corrected chi connectivity index (χ3v) is 7.76. The van der Waals surface area contributed by atoms with E-state index in [1.165, 1.54) is 0 Å². The summed E-state index contributed by atoms with van der Waals surface area (Å²) in [5, 5.41) is 12.6. The zero-order valence-electron chi connectivity index (χ0n) is 24.7. The summed E-state index contributed by atoms with van der Waals surface area (Å²) in [6.07, 6.45) is 1.83. The fourth-order valence-electron chi connectivity index (χ4n) is 5.71. The number of aliphatic carboxylic acids is 1. The molecule has 0 spiro atoms. The number of carboxylic acid groups (broad SMARTS) is 1. The Hall–Kier alpha value is -3.92. The van der Waals surface area contributed by atoms with Gasteiger partial charge in [0, 0.05) is 36.9 Å². The summed E-state index contributed by atoms with van der Waals surface area (Å²) < 4.78 is 5.61. The van der Waals surface area contributed by atoms with Gasteiger partial charge in [-0.1, -0.05) is 30.3 Å². The number of piperidine rings is 1. The van der Waals surface area contributed by atoms with Crippen LogP contribution in [0.25, 0.3) is 0 Å². The van der Waals surface area contributed by atoms with Crippen LogP contribution >= 0.6 is 0 Å². The molecule has 0 radical (unpaired) electrons. The summed E-state index contributed by atoms with van der Waals surface area (Å²) in [6.45, 7) is 6.97. The lowest BCUT2D eigenvalue weighted by Gasteiger charge is -2.39. The molecular weight excluding hydrogens is 536 g/mol. The number of benzene rings is 2. The minimum atomic E-state index is -1.07. The Morgan fingerprint density at radius 1 is 1.12 bits per heavy atom. The van der Waals surface area contributed by atoms with E-state index in [-0.39, 0.29) is 42.7 Å². The molecule has 0 saturated carbocycles. The number of anilines is 1. The Morgan fingerprint density at radius 2 is 1.86 bits per heavy atom. The van der Waals surface area contributed by atoms with Crippen molar-refractivity contribution in [3.8, 4) is 0 Å². The van der Waals surface area contributed by atoms with Crippen molar-refractivity contribution in [1.82, 2.24) is 9.80 Å². The molecule has 42 heavy (non-hydrogen) atoms. The van der Waals surface area contributed by atoms with Crippen LogP contribution in [0.2, 0.25) is 0 Å². The standard InChI is InChI=1S/C32H42N4O6/c1-32(2,3)42-31(41)23-13-16-36(25(18-23)11-14-33)29(39)22-9-10-26-24(17-22)20-35(15-12-21-7-5-4-6-8-21)30(40)27(34-26)19-28(37)38/h4-10,17,23,25,27,34H,11-16,18-20,33H2,1-3H3,(H,37,38). The highest BCUT2D eigenvalue weighted by atomic mass is 16.6. The van der Waals surface area contributed by atoms with Gasteiger partial charge in [-0.25, -0.2) is 0 Å². The van der Waals surface area contributed by atoms with Crippen LogP contribution in [0.15, 0.2) is 48.5 Å². The molecule has 10 nitrogen and oxygen atoms in total. The highest BCUT2D eigenvalue weighted by Gasteiger charge is 2.37. The van der Waals surface area contributed by atoms with E-state index in [1.54, 1.807) is 28.0 Å². The number of amides is 2. The Morgan fingerprint density at radius 3 is 2.52 bits per heavy atom. The molecule has 4 N–H and O–H groups in total. The fraction of sp³-hybridized carbons (Fsp3) is 0.500. The summed E-state index contributed by atoms with van der Waals surface area (Å²) in [5.41, 5.74) is 8.24. The number of hydrogen-bond acceptors (Lipinski definition) is 7. The number of carboxylic acids is 1. The van der Waals surface area contributed by atoms with Crippen molar-refractivity contribution in [3.05, 3.63) is 65.2 Å². The first-order valence-corrected chi connectivity index (χ1v) is 14.6. The molecule has 226 valence electrons. The van der Waals surface area contributed by atoms with E-state index in [9.17, 15) is 24.3 Å². The Kier molecular flexibility index (Phi) is 9.88. The maximum atomic E-state index is 13.8. The van der Waals surface area contributed by atoms with Gasteiger partial charge >= 0.3 is 11.9 Å². The average molecular weight is 579 g/mol. The average Bonchev–Trinajstić information content (AvgIpc) is 3.06. The molecule has 3 unspecified atom stereocenters. The van der Waals surface area contributed by atoms with E-state index in [2.05, 4.69) is 5.32 Å². The molecule has 0 aliphatic carbocycles. The smallest absolute Gasteiger partial charge is 0.309 e. The maximum Gasteiger partial charge on any atom is 0.309 e. The number of carbonyl (C=O) groups excluding carboxylic acids is 3. The highest BCUT2D eigenvalue weighted by Crippen LogP contribution is 2.31. The predicted molar refractivity (Wildman–Crippen MR) is 159 cm³/mol. The van der Waals surface area contributed by atoms with Crippen LogP contribution < -0.4 is 11.1 Å². The van der Waals surface area contributed by atoms with E-state index in [0.29, 0.717) is 56.6 Å². The van der Waals surface area contributed by atoms with E-state index < -0.39 is 17.6 Å². The van der Waals surface area contributed by atoms with Gasteiger partial charge in [0.15, 0.2) is 0 Å². The highest BCUT2D eigenvalue weighted by molar-refractivity contribution is 5.96. The molecule has 2 heterocycles. The molecule has 2 aliphatic heterocycles. The Labute approximate surface area is 247 Å². The Balaban J connectivity index is 1.55. The first kappa shape index (κ1) is 31.0. The van der Waals surface area contributed by atoms with Crippen molar-refractivity contribution in [2.45, 2.75) is 77.1 Å². The molecule has 1 saturated heterocycles. The van der Waals surface area contributed by atoms with E-state index in [0.717, 1.165) is 11.1 Å². The number of fused-ring (bicyclic) bond motifs is 1. The molecule has 2 amide bonds. The summed E-state index contributed by atoms with van der Waals surface area (Å²) in [5.74, 6) is -2.06. The maximum absolute atomic E-state index is 13.8. The molecule has 3 atom stereocenters. The summed E-state index contributed by atoms with van der Waals surface area (Å²) in [4.78, 5) is 55.0. The van der Waals surface area contributed by atoms with Gasteiger partial charge in [-0.15, -0.1) is 0 Å². The number of likely N-dealkylation sites (tertiary alicyclic amines) is 1. The molecule has 1 fully saturated rings. The molecule has 0 bridgehead atoms. The summed E-state index contributed by atoms with van der Waals surface area (Å²) in [7, 11) is 0. The quantitative estimate of drug-likeness (QED) is 0.384. The first-order valence-electron chi connectivity index (χ1n) is 14.6. The van der Waals surface area contributed by atoms with Crippen LogP contribution in [0, 0.1) is 5.92 Å². The molecular formula is C32H42N4O6.